The van der Waals surface area contributed by atoms with Gasteiger partial charge in [-0.25, -0.2) is 0 Å². The topological polar surface area (TPSA) is 55.1 Å². The van der Waals surface area contributed by atoms with Crippen LogP contribution in [0, 0.1) is 0 Å². The van der Waals surface area contributed by atoms with Gasteiger partial charge in [0.05, 0.1) is 18.1 Å². The molecule has 1 aromatic rings. The SMILES string of the molecule is NC(=S)CCCCNC(=O)c1cc(Br)sc1Br. The Morgan fingerprint density at radius 1 is 1.47 bits per heavy atom. The molecular weight excluding hydrogens is 388 g/mol. The number of thiophene rings is 1. The number of hydrogen-bond acceptors (Lipinski definition) is 3. The monoisotopic (exact) mass is 398 g/mol. The molecule has 0 aliphatic heterocycles. The molecule has 0 aliphatic carbocycles. The Kier molecular flexibility index (Phi) is 6.61. The van der Waals surface area contributed by atoms with Crippen molar-refractivity contribution in [3.63, 3.8) is 0 Å². The van der Waals surface area contributed by atoms with Gasteiger partial charge in [-0.15, -0.1) is 11.3 Å². The minimum Gasteiger partial charge on any atom is -0.393 e. The van der Waals surface area contributed by atoms with Crippen molar-refractivity contribution in [3.05, 3.63) is 19.2 Å². The number of carbonyl (C=O) groups excluding carboxylic acids is 1. The quantitative estimate of drug-likeness (QED) is 0.568. The lowest BCUT2D eigenvalue weighted by Crippen LogP contribution is -2.24. The fourth-order valence-electron chi connectivity index (χ4n) is 1.22. The van der Waals surface area contributed by atoms with E-state index < -0.39 is 0 Å². The highest BCUT2D eigenvalue weighted by molar-refractivity contribution is 9.12. The summed E-state index contributed by atoms with van der Waals surface area (Å²) < 4.78 is 1.77. The van der Waals surface area contributed by atoms with E-state index in [2.05, 4.69) is 37.2 Å². The number of carbonyl (C=O) groups is 1. The fourth-order valence-corrected chi connectivity index (χ4v) is 4.15. The van der Waals surface area contributed by atoms with Crippen molar-refractivity contribution in [1.82, 2.24) is 5.32 Å². The number of nitrogens with one attached hydrogen (secondary N) is 1. The Morgan fingerprint density at radius 2 is 2.18 bits per heavy atom. The molecule has 0 bridgehead atoms. The van der Waals surface area contributed by atoms with E-state index in [-0.39, 0.29) is 5.91 Å². The molecule has 0 aromatic carbocycles. The van der Waals surface area contributed by atoms with Gasteiger partial charge in [0, 0.05) is 6.54 Å². The molecule has 94 valence electrons. The molecule has 3 nitrogen and oxygen atoms in total. The van der Waals surface area contributed by atoms with Crippen LogP contribution in [0.15, 0.2) is 13.6 Å². The van der Waals surface area contributed by atoms with Crippen molar-refractivity contribution in [3.8, 4) is 0 Å². The van der Waals surface area contributed by atoms with Crippen molar-refractivity contribution in [2.24, 2.45) is 5.73 Å². The molecule has 1 heterocycles. The molecule has 0 spiro atoms. The standard InChI is InChI=1S/C10H12Br2N2OS2/c11-7-5-6(9(12)17-7)10(15)14-4-2-1-3-8(13)16/h5H,1-4H2,(H2,13,16)(H,14,15). The van der Waals surface area contributed by atoms with Gasteiger partial charge < -0.3 is 11.1 Å². The average Bonchev–Trinajstić information content (AvgIpc) is 2.56. The minimum atomic E-state index is -0.0610. The summed E-state index contributed by atoms with van der Waals surface area (Å²) >= 11 is 13.0. The number of amides is 1. The van der Waals surface area contributed by atoms with Crippen LogP contribution < -0.4 is 11.1 Å². The minimum absolute atomic E-state index is 0.0610. The molecule has 0 radical (unpaired) electrons. The maximum Gasteiger partial charge on any atom is 0.253 e. The summed E-state index contributed by atoms with van der Waals surface area (Å²) in [5.74, 6) is -0.0610. The van der Waals surface area contributed by atoms with Crippen molar-refractivity contribution < 1.29 is 4.79 Å². The summed E-state index contributed by atoms with van der Waals surface area (Å²) in [7, 11) is 0. The van der Waals surface area contributed by atoms with Gasteiger partial charge in [-0.1, -0.05) is 12.2 Å². The second kappa shape index (κ2) is 7.45. The Morgan fingerprint density at radius 3 is 2.71 bits per heavy atom. The van der Waals surface area contributed by atoms with Crippen LogP contribution in [0.2, 0.25) is 0 Å². The zero-order valence-corrected chi connectivity index (χ0v) is 13.8. The van der Waals surface area contributed by atoms with Crippen LogP contribution in [0.4, 0.5) is 0 Å². The van der Waals surface area contributed by atoms with Gasteiger partial charge in [-0.2, -0.15) is 0 Å². The number of hydrogen-bond donors (Lipinski definition) is 2. The van der Waals surface area contributed by atoms with E-state index in [9.17, 15) is 4.79 Å². The molecule has 0 atom stereocenters. The summed E-state index contributed by atoms with van der Waals surface area (Å²) in [6.07, 6.45) is 2.52. The molecule has 0 saturated carbocycles. The summed E-state index contributed by atoms with van der Waals surface area (Å²) in [5, 5.41) is 2.86. The third-order valence-corrected chi connectivity index (χ3v) is 4.58. The highest BCUT2D eigenvalue weighted by Gasteiger charge is 2.12. The van der Waals surface area contributed by atoms with Crippen LogP contribution in [0.25, 0.3) is 0 Å². The van der Waals surface area contributed by atoms with E-state index >= 15 is 0 Å². The van der Waals surface area contributed by atoms with Crippen LogP contribution in [0.3, 0.4) is 0 Å². The number of halogens is 2. The first kappa shape index (κ1) is 15.1. The van der Waals surface area contributed by atoms with Gasteiger partial charge in [0.1, 0.15) is 0 Å². The smallest absolute Gasteiger partial charge is 0.253 e. The van der Waals surface area contributed by atoms with Crippen LogP contribution in [-0.4, -0.2) is 17.4 Å². The van der Waals surface area contributed by atoms with E-state index in [0.717, 1.165) is 26.8 Å². The summed E-state index contributed by atoms with van der Waals surface area (Å²) in [5.41, 5.74) is 6.05. The lowest BCUT2D eigenvalue weighted by molar-refractivity contribution is 0.0953. The zero-order valence-electron chi connectivity index (χ0n) is 8.96. The molecule has 0 saturated heterocycles. The molecule has 17 heavy (non-hydrogen) atoms. The van der Waals surface area contributed by atoms with Crippen LogP contribution in [0.5, 0.6) is 0 Å². The molecule has 0 aliphatic rings. The van der Waals surface area contributed by atoms with E-state index in [0.29, 0.717) is 17.1 Å². The van der Waals surface area contributed by atoms with Gasteiger partial charge in [0.15, 0.2) is 0 Å². The van der Waals surface area contributed by atoms with Gasteiger partial charge in [0.2, 0.25) is 0 Å². The molecular formula is C10H12Br2N2OS2. The second-order valence-electron chi connectivity index (χ2n) is 3.42. The summed E-state index contributed by atoms with van der Waals surface area (Å²) in [6.45, 7) is 0.640. The first-order valence-corrected chi connectivity index (χ1v) is 7.83. The highest BCUT2D eigenvalue weighted by atomic mass is 79.9. The third-order valence-electron chi connectivity index (χ3n) is 2.04. The average molecular weight is 400 g/mol. The molecule has 1 amide bonds. The van der Waals surface area contributed by atoms with Gasteiger partial charge in [-0.05, 0) is 57.2 Å². The Labute approximate surface area is 126 Å². The van der Waals surface area contributed by atoms with Crippen LogP contribution >= 0.6 is 55.4 Å². The lowest BCUT2D eigenvalue weighted by atomic mass is 10.2. The normalized spacial score (nSPS) is 10.2. The largest absolute Gasteiger partial charge is 0.393 e. The fraction of sp³-hybridized carbons (Fsp3) is 0.400. The highest BCUT2D eigenvalue weighted by Crippen LogP contribution is 2.31. The third kappa shape index (κ3) is 5.46. The maximum atomic E-state index is 11.8. The molecule has 0 fully saturated rings. The molecule has 1 aromatic heterocycles. The Balaban J connectivity index is 2.30. The predicted octanol–water partition coefficient (Wildman–Crippen LogP) is 3.46. The van der Waals surface area contributed by atoms with Gasteiger partial charge in [-0.3, -0.25) is 4.79 Å². The molecule has 3 N–H and O–H groups in total. The Bertz CT molecular complexity index is 420. The maximum absolute atomic E-state index is 11.8. The Hall–Kier alpha value is 0.0200. The van der Waals surface area contributed by atoms with Crippen LogP contribution in [-0.2, 0) is 0 Å². The molecule has 1 rings (SSSR count). The summed E-state index contributed by atoms with van der Waals surface area (Å²) in [6, 6.07) is 1.80. The predicted molar refractivity (Wildman–Crippen MR) is 82.7 cm³/mol. The van der Waals surface area contributed by atoms with E-state index in [1.165, 1.54) is 11.3 Å². The van der Waals surface area contributed by atoms with Crippen molar-refractivity contribution in [2.75, 3.05) is 6.54 Å². The number of rotatable bonds is 6. The van der Waals surface area contributed by atoms with E-state index in [1.807, 2.05) is 0 Å². The molecule has 0 unspecified atom stereocenters. The zero-order chi connectivity index (χ0) is 12.8. The van der Waals surface area contributed by atoms with Crippen LogP contribution in [0.1, 0.15) is 29.6 Å². The van der Waals surface area contributed by atoms with E-state index in [4.69, 9.17) is 18.0 Å². The number of thiocarbonyl (C=S) groups is 1. The number of unbranched alkanes of at least 4 members (excludes halogenated alkanes) is 1. The first-order valence-electron chi connectivity index (χ1n) is 5.02. The van der Waals surface area contributed by atoms with Gasteiger partial charge in [0.25, 0.3) is 5.91 Å². The molecule has 7 heteroatoms. The second-order valence-corrected chi connectivity index (χ2v) is 7.69. The van der Waals surface area contributed by atoms with E-state index in [1.54, 1.807) is 6.07 Å². The van der Waals surface area contributed by atoms with Crippen molar-refractivity contribution in [2.45, 2.75) is 19.3 Å². The van der Waals surface area contributed by atoms with Crippen molar-refractivity contribution >= 4 is 66.3 Å². The van der Waals surface area contributed by atoms with Crippen molar-refractivity contribution in [1.29, 1.82) is 0 Å². The first-order chi connectivity index (χ1) is 8.00. The lowest BCUT2D eigenvalue weighted by Gasteiger charge is -2.03. The number of nitrogens with two attached hydrogens (primary N) is 1. The summed E-state index contributed by atoms with van der Waals surface area (Å²) in [4.78, 5) is 12.3. The van der Waals surface area contributed by atoms with Gasteiger partial charge >= 0.3 is 0 Å².